The van der Waals surface area contributed by atoms with Crippen molar-refractivity contribution in [2.45, 2.75) is 19.0 Å². The number of thiazole rings is 1. The summed E-state index contributed by atoms with van der Waals surface area (Å²) in [4.78, 5) is 4.09. The molecule has 102 valence electrons. The Morgan fingerprint density at radius 3 is 2.63 bits per heavy atom. The van der Waals surface area contributed by atoms with Crippen molar-refractivity contribution in [1.29, 1.82) is 0 Å². The second kappa shape index (κ2) is 5.42. The van der Waals surface area contributed by atoms with Crippen molar-refractivity contribution in [3.8, 4) is 0 Å². The number of alkyl halides is 3. The lowest BCUT2D eigenvalue weighted by molar-refractivity contribution is -0.172. The second-order valence-electron chi connectivity index (χ2n) is 4.19. The largest absolute Gasteiger partial charge is 0.393 e. The highest BCUT2D eigenvalue weighted by Gasteiger charge is 2.40. The summed E-state index contributed by atoms with van der Waals surface area (Å²) in [6.45, 7) is 0. The molecular weight excluding hydrogens is 293 g/mol. The van der Waals surface area contributed by atoms with Gasteiger partial charge in [-0.15, -0.1) is 11.3 Å². The first kappa shape index (κ1) is 14.2. The van der Waals surface area contributed by atoms with E-state index in [0.29, 0.717) is 5.01 Å². The maximum absolute atomic E-state index is 12.9. The molecule has 2 nitrogen and oxygen atoms in total. The number of hydrogen-bond donors (Lipinski definition) is 1. The van der Waals surface area contributed by atoms with Gasteiger partial charge >= 0.3 is 6.18 Å². The average molecular weight is 304 g/mol. The summed E-state index contributed by atoms with van der Waals surface area (Å²) < 4.78 is 39.5. The smallest absolute Gasteiger partial charge is 0.392 e. The first-order valence-electron chi connectivity index (χ1n) is 5.55. The van der Waals surface area contributed by atoms with Gasteiger partial charge in [-0.2, -0.15) is 13.2 Å². The van der Waals surface area contributed by atoms with E-state index in [1.807, 2.05) is 18.2 Å². The normalized spacial score (nSPS) is 13.6. The zero-order valence-corrected chi connectivity index (χ0v) is 11.4. The Labute approximate surface area is 117 Å². The number of rotatable bonds is 4. The molecule has 2 rings (SSSR count). The number of benzene rings is 1. The maximum Gasteiger partial charge on any atom is 0.392 e. The predicted molar refractivity (Wildman–Crippen MR) is 74.3 cm³/mol. The molecule has 2 N–H and O–H groups in total. The van der Waals surface area contributed by atoms with Gasteiger partial charge in [-0.25, -0.2) is 4.98 Å². The fourth-order valence-corrected chi connectivity index (χ4v) is 3.01. The summed E-state index contributed by atoms with van der Waals surface area (Å²) in [5.74, 6) is -1.56. The average Bonchev–Trinajstić information content (AvgIpc) is 2.68. The Kier molecular flexibility index (Phi) is 4.05. The summed E-state index contributed by atoms with van der Waals surface area (Å²) in [5, 5.41) is 0.458. The molecular formula is C12H11F3N2S2. The second-order valence-corrected chi connectivity index (χ2v) is 5.83. The van der Waals surface area contributed by atoms with Crippen LogP contribution in [0.3, 0.4) is 0 Å². The van der Waals surface area contributed by atoms with Crippen molar-refractivity contribution in [2.24, 2.45) is 11.7 Å². The minimum Gasteiger partial charge on any atom is -0.393 e. The van der Waals surface area contributed by atoms with E-state index in [4.69, 9.17) is 5.73 Å². The number of hydrogen-bond acceptors (Lipinski definition) is 3. The summed E-state index contributed by atoms with van der Waals surface area (Å²) in [5.41, 5.74) is 5.95. The minimum absolute atomic E-state index is 0.122. The van der Waals surface area contributed by atoms with Gasteiger partial charge < -0.3 is 5.73 Å². The van der Waals surface area contributed by atoms with Crippen LogP contribution in [0.1, 0.15) is 11.4 Å². The van der Waals surface area contributed by atoms with E-state index in [1.165, 1.54) is 11.3 Å². The highest BCUT2D eigenvalue weighted by molar-refractivity contribution is 7.80. The van der Waals surface area contributed by atoms with Crippen LogP contribution in [0.4, 0.5) is 13.2 Å². The highest BCUT2D eigenvalue weighted by atomic mass is 32.1. The predicted octanol–water partition coefficient (Wildman–Crippen LogP) is 3.69. The molecule has 0 unspecified atom stereocenters. The van der Waals surface area contributed by atoms with Crippen LogP contribution in [0.25, 0.3) is 10.2 Å². The number of nitrogens with two attached hydrogens (primary N) is 1. The lowest BCUT2D eigenvalue weighted by Gasteiger charge is -2.18. The molecule has 2 aromatic rings. The molecule has 0 saturated heterocycles. The van der Waals surface area contributed by atoms with Gasteiger partial charge in [0.05, 0.1) is 26.1 Å². The van der Waals surface area contributed by atoms with Crippen LogP contribution >= 0.6 is 23.6 Å². The van der Waals surface area contributed by atoms with E-state index in [0.717, 1.165) is 10.2 Å². The van der Waals surface area contributed by atoms with E-state index in [9.17, 15) is 13.2 Å². The minimum atomic E-state index is -4.32. The molecule has 1 aromatic carbocycles. The Balaban J connectivity index is 2.23. The lowest BCUT2D eigenvalue weighted by atomic mass is 10.0. The molecule has 1 heterocycles. The van der Waals surface area contributed by atoms with Crippen LogP contribution in [-0.2, 0) is 6.42 Å². The molecule has 0 saturated carbocycles. The summed E-state index contributed by atoms with van der Waals surface area (Å²) in [6.07, 6.45) is -4.84. The van der Waals surface area contributed by atoms with Gasteiger partial charge in [0.15, 0.2) is 0 Å². The Bertz CT molecular complexity index is 559. The first-order valence-corrected chi connectivity index (χ1v) is 6.78. The van der Waals surface area contributed by atoms with E-state index < -0.39 is 12.1 Å². The van der Waals surface area contributed by atoms with E-state index >= 15 is 0 Å². The SMILES string of the molecule is NC(=S)C[C@H](Cc1nc2ccccc2s1)C(F)(F)F. The van der Waals surface area contributed by atoms with Crippen LogP contribution in [0.15, 0.2) is 24.3 Å². The van der Waals surface area contributed by atoms with Crippen molar-refractivity contribution in [2.75, 3.05) is 0 Å². The van der Waals surface area contributed by atoms with Gasteiger partial charge in [-0.1, -0.05) is 24.4 Å². The van der Waals surface area contributed by atoms with Crippen LogP contribution in [-0.4, -0.2) is 16.1 Å². The van der Waals surface area contributed by atoms with E-state index in [1.54, 1.807) is 6.07 Å². The molecule has 0 spiro atoms. The monoisotopic (exact) mass is 304 g/mol. The van der Waals surface area contributed by atoms with Crippen LogP contribution < -0.4 is 5.73 Å². The molecule has 0 radical (unpaired) electrons. The highest BCUT2D eigenvalue weighted by Crippen LogP contribution is 2.33. The zero-order valence-electron chi connectivity index (χ0n) is 9.78. The standard InChI is InChI=1S/C12H11F3N2S2/c13-12(14,15)7(5-10(16)18)6-11-17-8-3-1-2-4-9(8)19-11/h1-4,7H,5-6H2,(H2,16,18)/t7-/m1/s1. The third-order valence-electron chi connectivity index (χ3n) is 2.67. The fourth-order valence-electron chi connectivity index (χ4n) is 1.76. The Hall–Kier alpha value is -1.21. The van der Waals surface area contributed by atoms with Crippen LogP contribution in [0, 0.1) is 5.92 Å². The molecule has 1 atom stereocenters. The number of para-hydroxylation sites is 1. The summed E-state index contributed by atoms with van der Waals surface area (Å²) >= 11 is 5.86. The Morgan fingerprint density at radius 1 is 1.37 bits per heavy atom. The topological polar surface area (TPSA) is 38.9 Å². The Morgan fingerprint density at radius 2 is 2.05 bits per heavy atom. The molecule has 0 aliphatic carbocycles. The first-order chi connectivity index (χ1) is 8.86. The van der Waals surface area contributed by atoms with Crippen molar-refractivity contribution in [3.05, 3.63) is 29.3 Å². The zero-order chi connectivity index (χ0) is 14.0. The molecule has 0 fully saturated rings. The van der Waals surface area contributed by atoms with Crippen molar-refractivity contribution in [3.63, 3.8) is 0 Å². The van der Waals surface area contributed by atoms with Crippen molar-refractivity contribution < 1.29 is 13.2 Å². The lowest BCUT2D eigenvalue weighted by Crippen LogP contribution is -2.29. The number of aromatic nitrogens is 1. The molecule has 1 aromatic heterocycles. The third-order valence-corrected chi connectivity index (χ3v) is 3.90. The third kappa shape index (κ3) is 3.63. The summed E-state index contributed by atoms with van der Waals surface area (Å²) in [7, 11) is 0. The van der Waals surface area contributed by atoms with Gasteiger partial charge in [0.25, 0.3) is 0 Å². The van der Waals surface area contributed by atoms with Gasteiger partial charge in [-0.05, 0) is 12.1 Å². The molecule has 0 amide bonds. The van der Waals surface area contributed by atoms with E-state index in [-0.39, 0.29) is 17.8 Å². The van der Waals surface area contributed by atoms with Crippen molar-refractivity contribution >= 4 is 38.8 Å². The van der Waals surface area contributed by atoms with Gasteiger partial charge in [0.1, 0.15) is 0 Å². The number of thiocarbonyl (C=S) groups is 1. The van der Waals surface area contributed by atoms with Gasteiger partial charge in [0.2, 0.25) is 0 Å². The fraction of sp³-hybridized carbons (Fsp3) is 0.333. The number of nitrogens with zero attached hydrogens (tertiary/aromatic N) is 1. The number of halogens is 3. The van der Waals surface area contributed by atoms with Gasteiger partial charge in [-0.3, -0.25) is 0 Å². The maximum atomic E-state index is 12.9. The van der Waals surface area contributed by atoms with E-state index in [2.05, 4.69) is 17.2 Å². The molecule has 0 aliphatic rings. The summed E-state index contributed by atoms with van der Waals surface area (Å²) in [6, 6.07) is 7.26. The number of fused-ring (bicyclic) bond motifs is 1. The molecule has 7 heteroatoms. The quantitative estimate of drug-likeness (QED) is 0.876. The molecule has 19 heavy (non-hydrogen) atoms. The van der Waals surface area contributed by atoms with Crippen LogP contribution in [0.5, 0.6) is 0 Å². The van der Waals surface area contributed by atoms with Crippen molar-refractivity contribution in [1.82, 2.24) is 4.98 Å². The van der Waals surface area contributed by atoms with Crippen LogP contribution in [0.2, 0.25) is 0 Å². The van der Waals surface area contributed by atoms with Gasteiger partial charge in [0, 0.05) is 12.8 Å². The molecule has 0 aliphatic heterocycles. The molecule has 0 bridgehead atoms.